The molecule has 1 atom stereocenters. The lowest BCUT2D eigenvalue weighted by atomic mass is 10.1. The minimum atomic E-state index is -1.07. The molecule has 0 fully saturated rings. The molecule has 0 bridgehead atoms. The summed E-state index contributed by atoms with van der Waals surface area (Å²) >= 11 is 0. The van der Waals surface area contributed by atoms with Crippen molar-refractivity contribution in [2.24, 2.45) is 5.73 Å². The zero-order valence-electron chi connectivity index (χ0n) is 7.19. The first-order valence-electron chi connectivity index (χ1n) is 3.84. The van der Waals surface area contributed by atoms with Gasteiger partial charge >= 0.3 is 11.9 Å². The molecular formula is C8H13NO4. The summed E-state index contributed by atoms with van der Waals surface area (Å²) in [6, 6.07) is -0.915. The average molecular weight is 187 g/mol. The van der Waals surface area contributed by atoms with Gasteiger partial charge in [0.15, 0.2) is 0 Å². The van der Waals surface area contributed by atoms with E-state index in [4.69, 9.17) is 15.9 Å². The highest BCUT2D eigenvalue weighted by atomic mass is 16.4. The molecule has 0 radical (unpaired) electrons. The molecule has 0 aromatic heterocycles. The standard InChI is InChI=1S/C8H13NO4/c1-5(7(10)11)3-2-4-6(9)8(12)13/h6H,1-4,9H2,(H,10,11)(H,12,13)/t6-/m0/s1. The van der Waals surface area contributed by atoms with Crippen LogP contribution in [0.25, 0.3) is 0 Å². The summed E-state index contributed by atoms with van der Waals surface area (Å²) in [5.41, 5.74) is 5.28. The third kappa shape index (κ3) is 4.97. The van der Waals surface area contributed by atoms with Gasteiger partial charge in [-0.05, 0) is 19.3 Å². The van der Waals surface area contributed by atoms with Gasteiger partial charge in [0.1, 0.15) is 6.04 Å². The van der Waals surface area contributed by atoms with Gasteiger partial charge in [0.05, 0.1) is 0 Å². The molecule has 0 aliphatic heterocycles. The Hall–Kier alpha value is -1.36. The Morgan fingerprint density at radius 3 is 2.31 bits per heavy atom. The molecule has 0 aliphatic carbocycles. The number of hydrogen-bond donors (Lipinski definition) is 3. The summed E-state index contributed by atoms with van der Waals surface area (Å²) in [4.78, 5) is 20.5. The number of rotatable bonds is 6. The van der Waals surface area contributed by atoms with Gasteiger partial charge in [-0.1, -0.05) is 6.58 Å². The van der Waals surface area contributed by atoms with Crippen molar-refractivity contribution in [2.75, 3.05) is 0 Å². The van der Waals surface area contributed by atoms with Crippen molar-refractivity contribution in [1.82, 2.24) is 0 Å². The molecule has 0 unspecified atom stereocenters. The van der Waals surface area contributed by atoms with Crippen LogP contribution < -0.4 is 5.73 Å². The van der Waals surface area contributed by atoms with E-state index in [1.165, 1.54) is 0 Å². The lowest BCUT2D eigenvalue weighted by Gasteiger charge is -2.05. The molecule has 0 amide bonds. The molecular weight excluding hydrogens is 174 g/mol. The van der Waals surface area contributed by atoms with Crippen LogP contribution in [0.2, 0.25) is 0 Å². The third-order valence-electron chi connectivity index (χ3n) is 1.61. The molecule has 0 heterocycles. The van der Waals surface area contributed by atoms with Crippen molar-refractivity contribution in [3.8, 4) is 0 Å². The maximum absolute atomic E-state index is 10.3. The smallest absolute Gasteiger partial charge is 0.330 e. The Morgan fingerprint density at radius 1 is 1.38 bits per heavy atom. The zero-order chi connectivity index (χ0) is 10.4. The summed E-state index contributed by atoms with van der Waals surface area (Å²) in [7, 11) is 0. The average Bonchev–Trinajstić information content (AvgIpc) is 2.03. The normalized spacial score (nSPS) is 12.1. The van der Waals surface area contributed by atoms with E-state index in [-0.39, 0.29) is 18.4 Å². The monoisotopic (exact) mass is 187 g/mol. The van der Waals surface area contributed by atoms with E-state index in [1.807, 2.05) is 0 Å². The molecule has 0 saturated carbocycles. The van der Waals surface area contributed by atoms with Gasteiger partial charge in [-0.2, -0.15) is 0 Å². The summed E-state index contributed by atoms with van der Waals surface area (Å²) in [6.45, 7) is 3.31. The van der Waals surface area contributed by atoms with Crippen LogP contribution in [0.5, 0.6) is 0 Å². The second-order valence-corrected chi connectivity index (χ2v) is 2.75. The van der Waals surface area contributed by atoms with E-state index in [1.54, 1.807) is 0 Å². The molecule has 0 aromatic rings. The Morgan fingerprint density at radius 2 is 1.92 bits per heavy atom. The van der Waals surface area contributed by atoms with Crippen LogP contribution in [0, 0.1) is 0 Å². The van der Waals surface area contributed by atoms with Crippen LogP contribution in [-0.2, 0) is 9.59 Å². The van der Waals surface area contributed by atoms with Crippen molar-refractivity contribution in [1.29, 1.82) is 0 Å². The lowest BCUT2D eigenvalue weighted by Crippen LogP contribution is -2.29. The van der Waals surface area contributed by atoms with Crippen molar-refractivity contribution in [2.45, 2.75) is 25.3 Å². The van der Waals surface area contributed by atoms with Crippen molar-refractivity contribution in [3.05, 3.63) is 12.2 Å². The lowest BCUT2D eigenvalue weighted by molar-refractivity contribution is -0.138. The maximum Gasteiger partial charge on any atom is 0.330 e. The van der Waals surface area contributed by atoms with E-state index in [0.717, 1.165) is 0 Å². The number of carboxylic acid groups (broad SMARTS) is 2. The molecule has 5 nitrogen and oxygen atoms in total. The first kappa shape index (κ1) is 11.6. The van der Waals surface area contributed by atoms with Crippen LogP contribution in [0.1, 0.15) is 19.3 Å². The summed E-state index contributed by atoms with van der Waals surface area (Å²) in [6.07, 6.45) is 0.969. The SMILES string of the molecule is C=C(CCC[C@H](N)C(=O)O)C(=O)O. The van der Waals surface area contributed by atoms with E-state index in [2.05, 4.69) is 6.58 Å². The number of carbonyl (C=O) groups is 2. The molecule has 0 aromatic carbocycles. The van der Waals surface area contributed by atoms with Crippen molar-refractivity contribution in [3.63, 3.8) is 0 Å². The Balaban J connectivity index is 3.62. The number of carboxylic acids is 2. The third-order valence-corrected chi connectivity index (χ3v) is 1.61. The Kier molecular flexibility index (Phi) is 4.76. The molecule has 4 N–H and O–H groups in total. The number of nitrogens with two attached hydrogens (primary N) is 1. The first-order chi connectivity index (χ1) is 5.95. The topological polar surface area (TPSA) is 101 Å². The maximum atomic E-state index is 10.3. The highest BCUT2D eigenvalue weighted by Gasteiger charge is 2.11. The fraction of sp³-hybridized carbons (Fsp3) is 0.500. The fourth-order valence-corrected chi connectivity index (χ4v) is 0.766. The molecule has 13 heavy (non-hydrogen) atoms. The van der Waals surface area contributed by atoms with Gasteiger partial charge in [-0.25, -0.2) is 4.79 Å². The predicted octanol–water partition coefficient (Wildman–Crippen LogP) is 0.209. The van der Waals surface area contributed by atoms with Gasteiger partial charge < -0.3 is 15.9 Å². The summed E-state index contributed by atoms with van der Waals surface area (Å²) in [5.74, 6) is -2.12. The molecule has 0 saturated heterocycles. The predicted molar refractivity (Wildman–Crippen MR) is 46.2 cm³/mol. The highest BCUT2D eigenvalue weighted by Crippen LogP contribution is 2.06. The fourth-order valence-electron chi connectivity index (χ4n) is 0.766. The largest absolute Gasteiger partial charge is 0.480 e. The van der Waals surface area contributed by atoms with Gasteiger partial charge in [0.2, 0.25) is 0 Å². The number of aliphatic carboxylic acids is 2. The minimum Gasteiger partial charge on any atom is -0.480 e. The summed E-state index contributed by atoms with van der Waals surface area (Å²) in [5, 5.41) is 16.8. The second kappa shape index (κ2) is 5.31. The van der Waals surface area contributed by atoms with E-state index in [9.17, 15) is 9.59 Å². The van der Waals surface area contributed by atoms with E-state index >= 15 is 0 Å². The van der Waals surface area contributed by atoms with Gasteiger partial charge in [0, 0.05) is 5.57 Å². The molecule has 0 aliphatic rings. The van der Waals surface area contributed by atoms with E-state index in [0.29, 0.717) is 6.42 Å². The van der Waals surface area contributed by atoms with Crippen molar-refractivity contribution < 1.29 is 19.8 Å². The van der Waals surface area contributed by atoms with Crippen molar-refractivity contribution >= 4 is 11.9 Å². The number of hydrogen-bond acceptors (Lipinski definition) is 3. The van der Waals surface area contributed by atoms with E-state index < -0.39 is 18.0 Å². The quantitative estimate of drug-likeness (QED) is 0.516. The van der Waals surface area contributed by atoms with Gasteiger partial charge in [0.25, 0.3) is 0 Å². The molecule has 0 spiro atoms. The summed E-state index contributed by atoms with van der Waals surface area (Å²) < 4.78 is 0. The van der Waals surface area contributed by atoms with Gasteiger partial charge in [-0.15, -0.1) is 0 Å². The highest BCUT2D eigenvalue weighted by molar-refractivity contribution is 5.85. The van der Waals surface area contributed by atoms with Crippen LogP contribution in [-0.4, -0.2) is 28.2 Å². The van der Waals surface area contributed by atoms with Gasteiger partial charge in [-0.3, -0.25) is 4.79 Å². The Labute approximate surface area is 75.9 Å². The second-order valence-electron chi connectivity index (χ2n) is 2.75. The minimum absolute atomic E-state index is 0.0811. The van der Waals surface area contributed by atoms with Crippen LogP contribution in [0.4, 0.5) is 0 Å². The molecule has 0 rings (SSSR count). The Bertz CT molecular complexity index is 224. The van der Waals surface area contributed by atoms with Crippen LogP contribution in [0.15, 0.2) is 12.2 Å². The van der Waals surface area contributed by atoms with Crippen LogP contribution >= 0.6 is 0 Å². The first-order valence-corrected chi connectivity index (χ1v) is 3.84. The zero-order valence-corrected chi connectivity index (χ0v) is 7.19. The van der Waals surface area contributed by atoms with Crippen LogP contribution in [0.3, 0.4) is 0 Å². The molecule has 74 valence electrons. The molecule has 5 heteroatoms.